The van der Waals surface area contributed by atoms with Gasteiger partial charge in [0, 0.05) is 35.6 Å². The van der Waals surface area contributed by atoms with Crippen molar-refractivity contribution in [2.75, 3.05) is 28.6 Å². The molecule has 170 valence electrons. The van der Waals surface area contributed by atoms with Gasteiger partial charge in [0.2, 0.25) is 5.91 Å². The van der Waals surface area contributed by atoms with Crippen LogP contribution in [0, 0.1) is 0 Å². The number of rotatable bonds is 7. The lowest BCUT2D eigenvalue weighted by molar-refractivity contribution is -0.117. The molecule has 0 atom stereocenters. The third-order valence-corrected chi connectivity index (χ3v) is 6.68. The average molecular weight is 466 g/mol. The quantitative estimate of drug-likeness (QED) is 0.551. The maximum atomic E-state index is 12.6. The van der Waals surface area contributed by atoms with Crippen LogP contribution in [0.25, 0.3) is 0 Å². The zero-order valence-corrected chi connectivity index (χ0v) is 18.8. The summed E-state index contributed by atoms with van der Waals surface area (Å²) in [6, 6.07) is 19.2. The van der Waals surface area contributed by atoms with Gasteiger partial charge in [-0.05, 0) is 79.2 Å². The molecule has 0 bridgehead atoms. The number of methoxy groups -OCH3 is 1. The molecule has 0 unspecified atom stereocenters. The van der Waals surface area contributed by atoms with Crippen LogP contribution in [0.15, 0.2) is 77.7 Å². The van der Waals surface area contributed by atoms with Crippen molar-refractivity contribution >= 4 is 38.9 Å². The number of ether oxygens (including phenoxy) is 1. The fourth-order valence-corrected chi connectivity index (χ4v) is 4.57. The molecule has 1 heterocycles. The fraction of sp³-hybridized carbons (Fsp3) is 0.167. The predicted octanol–water partition coefficient (Wildman–Crippen LogP) is 3.88. The highest BCUT2D eigenvalue weighted by Crippen LogP contribution is 2.24. The van der Waals surface area contributed by atoms with Crippen molar-refractivity contribution in [3.8, 4) is 5.75 Å². The Morgan fingerprint density at radius 2 is 1.55 bits per heavy atom. The summed E-state index contributed by atoms with van der Waals surface area (Å²) in [6.07, 6.45) is 1.40. The summed E-state index contributed by atoms with van der Waals surface area (Å²) in [4.78, 5) is 26.2. The predicted molar refractivity (Wildman–Crippen MR) is 126 cm³/mol. The van der Waals surface area contributed by atoms with Crippen molar-refractivity contribution in [1.82, 2.24) is 0 Å². The largest absolute Gasteiger partial charge is 0.497 e. The maximum Gasteiger partial charge on any atom is 0.261 e. The Hall–Kier alpha value is -3.85. The number of nitrogens with one attached hydrogen (secondary N) is 2. The van der Waals surface area contributed by atoms with E-state index < -0.39 is 10.0 Å². The number of sulfonamides is 1. The van der Waals surface area contributed by atoms with Crippen LogP contribution in [0.4, 0.5) is 17.1 Å². The van der Waals surface area contributed by atoms with Crippen molar-refractivity contribution in [1.29, 1.82) is 0 Å². The minimum absolute atomic E-state index is 0.0366. The third kappa shape index (κ3) is 5.15. The molecule has 9 heteroatoms. The Bertz CT molecular complexity index is 1250. The first-order valence-electron chi connectivity index (χ1n) is 10.3. The van der Waals surface area contributed by atoms with Crippen LogP contribution in [0.3, 0.4) is 0 Å². The molecule has 0 aromatic heterocycles. The molecule has 1 fully saturated rings. The molecule has 1 aliphatic heterocycles. The van der Waals surface area contributed by atoms with E-state index in [1.165, 1.54) is 31.4 Å². The van der Waals surface area contributed by atoms with E-state index in [0.717, 1.165) is 12.1 Å². The van der Waals surface area contributed by atoms with Crippen LogP contribution in [0.1, 0.15) is 23.2 Å². The second-order valence-electron chi connectivity index (χ2n) is 7.51. The van der Waals surface area contributed by atoms with E-state index in [1.807, 2.05) is 0 Å². The molecule has 4 rings (SSSR count). The first-order valence-corrected chi connectivity index (χ1v) is 11.8. The number of anilines is 3. The number of nitrogens with zero attached hydrogens (tertiary/aromatic N) is 1. The Morgan fingerprint density at radius 3 is 2.12 bits per heavy atom. The highest BCUT2D eigenvalue weighted by molar-refractivity contribution is 7.92. The topological polar surface area (TPSA) is 105 Å². The zero-order valence-electron chi connectivity index (χ0n) is 17.9. The van der Waals surface area contributed by atoms with E-state index in [4.69, 9.17) is 4.74 Å². The van der Waals surface area contributed by atoms with Crippen molar-refractivity contribution in [3.63, 3.8) is 0 Å². The smallest absolute Gasteiger partial charge is 0.261 e. The third-order valence-electron chi connectivity index (χ3n) is 5.28. The SMILES string of the molecule is COc1ccc(NS(=O)(=O)c2ccc(C(=O)Nc3ccc(N4CCCC4=O)cc3)cc2)cc1. The van der Waals surface area contributed by atoms with Crippen molar-refractivity contribution in [2.45, 2.75) is 17.7 Å². The van der Waals surface area contributed by atoms with Gasteiger partial charge in [0.05, 0.1) is 12.0 Å². The molecule has 3 aromatic carbocycles. The molecular weight excluding hydrogens is 442 g/mol. The Balaban J connectivity index is 1.40. The van der Waals surface area contributed by atoms with Crippen LogP contribution < -0.4 is 19.7 Å². The van der Waals surface area contributed by atoms with Gasteiger partial charge in [-0.1, -0.05) is 0 Å². The Morgan fingerprint density at radius 1 is 0.909 bits per heavy atom. The van der Waals surface area contributed by atoms with Gasteiger partial charge in [-0.2, -0.15) is 0 Å². The molecule has 0 spiro atoms. The van der Waals surface area contributed by atoms with Crippen LogP contribution in [0.2, 0.25) is 0 Å². The Labute approximate surface area is 192 Å². The number of hydrogen-bond acceptors (Lipinski definition) is 5. The maximum absolute atomic E-state index is 12.6. The number of amides is 2. The number of hydrogen-bond donors (Lipinski definition) is 2. The summed E-state index contributed by atoms with van der Waals surface area (Å²) in [5, 5.41) is 2.78. The second kappa shape index (κ2) is 9.33. The number of benzene rings is 3. The number of carbonyl (C=O) groups is 2. The molecule has 33 heavy (non-hydrogen) atoms. The lowest BCUT2D eigenvalue weighted by Gasteiger charge is -2.16. The van der Waals surface area contributed by atoms with Gasteiger partial charge in [-0.25, -0.2) is 8.42 Å². The van der Waals surface area contributed by atoms with Gasteiger partial charge in [0.15, 0.2) is 0 Å². The molecule has 0 saturated carbocycles. The molecule has 1 aliphatic rings. The lowest BCUT2D eigenvalue weighted by atomic mass is 10.2. The van der Waals surface area contributed by atoms with Crippen LogP contribution >= 0.6 is 0 Å². The van der Waals surface area contributed by atoms with Gasteiger partial charge >= 0.3 is 0 Å². The van der Waals surface area contributed by atoms with E-state index in [-0.39, 0.29) is 16.7 Å². The lowest BCUT2D eigenvalue weighted by Crippen LogP contribution is -2.23. The summed E-state index contributed by atoms with van der Waals surface area (Å²) in [5.74, 6) is 0.350. The van der Waals surface area contributed by atoms with Gasteiger partial charge in [0.1, 0.15) is 5.75 Å². The molecule has 0 aliphatic carbocycles. The van der Waals surface area contributed by atoms with Crippen LogP contribution in [-0.4, -0.2) is 33.9 Å². The second-order valence-corrected chi connectivity index (χ2v) is 9.19. The minimum Gasteiger partial charge on any atom is -0.497 e. The molecule has 0 radical (unpaired) electrons. The molecule has 2 amide bonds. The van der Waals surface area contributed by atoms with E-state index in [1.54, 1.807) is 53.4 Å². The van der Waals surface area contributed by atoms with Crippen molar-refractivity contribution in [3.05, 3.63) is 78.4 Å². The molecular formula is C24H23N3O5S. The van der Waals surface area contributed by atoms with Crippen molar-refractivity contribution in [2.24, 2.45) is 0 Å². The summed E-state index contributed by atoms with van der Waals surface area (Å²) in [6.45, 7) is 0.702. The normalized spacial score (nSPS) is 13.6. The van der Waals surface area contributed by atoms with Crippen LogP contribution in [0.5, 0.6) is 5.75 Å². The van der Waals surface area contributed by atoms with Gasteiger partial charge < -0.3 is 15.0 Å². The summed E-state index contributed by atoms with van der Waals surface area (Å²) in [5.41, 5.74) is 2.09. The highest BCUT2D eigenvalue weighted by Gasteiger charge is 2.21. The summed E-state index contributed by atoms with van der Waals surface area (Å²) < 4.78 is 32.8. The monoisotopic (exact) mass is 465 g/mol. The fourth-order valence-electron chi connectivity index (χ4n) is 3.51. The van der Waals surface area contributed by atoms with Gasteiger partial charge in [-0.15, -0.1) is 0 Å². The molecule has 1 saturated heterocycles. The summed E-state index contributed by atoms with van der Waals surface area (Å²) >= 11 is 0. The Kier molecular flexibility index (Phi) is 6.32. The zero-order chi connectivity index (χ0) is 23.4. The number of carbonyl (C=O) groups excluding carboxylic acids is 2. The van der Waals surface area contributed by atoms with Gasteiger partial charge in [-0.3, -0.25) is 14.3 Å². The van der Waals surface area contributed by atoms with Gasteiger partial charge in [0.25, 0.3) is 15.9 Å². The van der Waals surface area contributed by atoms with E-state index in [0.29, 0.717) is 35.7 Å². The highest BCUT2D eigenvalue weighted by atomic mass is 32.2. The van der Waals surface area contributed by atoms with Crippen LogP contribution in [-0.2, 0) is 14.8 Å². The van der Waals surface area contributed by atoms with E-state index in [2.05, 4.69) is 10.0 Å². The standard InChI is InChI=1S/C24H23N3O5S/c1-32-21-12-8-19(9-13-21)26-33(30,31)22-14-4-17(5-15-22)24(29)25-18-6-10-20(11-7-18)27-16-2-3-23(27)28/h4-15,26H,2-3,16H2,1H3,(H,25,29). The molecule has 8 nitrogen and oxygen atoms in total. The molecule has 2 N–H and O–H groups in total. The first kappa shape index (κ1) is 22.3. The van der Waals surface area contributed by atoms with E-state index in [9.17, 15) is 18.0 Å². The first-order chi connectivity index (χ1) is 15.9. The average Bonchev–Trinajstić information content (AvgIpc) is 3.26. The summed E-state index contributed by atoms with van der Waals surface area (Å²) in [7, 11) is -2.28. The molecule has 3 aromatic rings. The van der Waals surface area contributed by atoms with E-state index >= 15 is 0 Å². The minimum atomic E-state index is -3.81. The van der Waals surface area contributed by atoms with Crippen molar-refractivity contribution < 1.29 is 22.7 Å².